The van der Waals surface area contributed by atoms with Crippen molar-refractivity contribution < 1.29 is 0 Å². The summed E-state index contributed by atoms with van der Waals surface area (Å²) in [5.41, 5.74) is 0. The van der Waals surface area contributed by atoms with Crippen molar-refractivity contribution in [3.8, 4) is 0 Å². The van der Waals surface area contributed by atoms with Gasteiger partial charge in [0, 0.05) is 18.6 Å². The molecule has 2 unspecified atom stereocenters. The zero-order valence-corrected chi connectivity index (χ0v) is 12.5. The minimum atomic E-state index is 0. The van der Waals surface area contributed by atoms with E-state index in [1.54, 1.807) is 0 Å². The molecular weight excluding hydrogens is 313 g/mol. The van der Waals surface area contributed by atoms with Crippen molar-refractivity contribution in [3.63, 3.8) is 0 Å². The third-order valence-corrected chi connectivity index (χ3v) is 3.44. The first kappa shape index (κ1) is 14.1. The molecule has 1 aliphatic heterocycles. The van der Waals surface area contributed by atoms with Crippen LogP contribution in [0.4, 0.5) is 0 Å². The molecule has 2 aliphatic rings. The van der Waals surface area contributed by atoms with Crippen LogP contribution >= 0.6 is 24.0 Å². The summed E-state index contributed by atoms with van der Waals surface area (Å²) in [6.45, 7) is 3.22. The molecule has 0 bridgehead atoms. The maximum atomic E-state index is 4.57. The van der Waals surface area contributed by atoms with E-state index in [4.69, 9.17) is 0 Å². The normalized spacial score (nSPS) is 26.7. The SMILES string of the molecule is CCCCCCN=C1NC2CCCC2N1.I. The molecule has 1 aliphatic carbocycles. The predicted octanol–water partition coefficient (Wildman–Crippen LogP) is 2.65. The molecule has 1 heterocycles. The number of rotatable bonds is 5. The van der Waals surface area contributed by atoms with E-state index in [0.29, 0.717) is 12.1 Å². The second kappa shape index (κ2) is 7.35. The van der Waals surface area contributed by atoms with Gasteiger partial charge in [-0.05, 0) is 25.7 Å². The molecule has 2 N–H and O–H groups in total. The van der Waals surface area contributed by atoms with Gasteiger partial charge in [0.15, 0.2) is 5.96 Å². The summed E-state index contributed by atoms with van der Waals surface area (Å²) in [6, 6.07) is 1.33. The van der Waals surface area contributed by atoms with Gasteiger partial charge in [0.2, 0.25) is 0 Å². The molecule has 2 rings (SSSR count). The van der Waals surface area contributed by atoms with Crippen LogP contribution in [0.2, 0.25) is 0 Å². The fraction of sp³-hybridized carbons (Fsp3) is 0.917. The summed E-state index contributed by atoms with van der Waals surface area (Å²) < 4.78 is 0. The van der Waals surface area contributed by atoms with E-state index in [9.17, 15) is 0 Å². The molecule has 2 atom stereocenters. The standard InChI is InChI=1S/C12H23N3.HI/c1-2-3-4-5-9-13-12-14-10-7-6-8-11(10)15-12;/h10-11H,2-9H2,1H3,(H2,13,14,15);1H. The quantitative estimate of drug-likeness (QED) is 0.598. The molecule has 1 saturated carbocycles. The summed E-state index contributed by atoms with van der Waals surface area (Å²) in [5, 5.41) is 6.97. The smallest absolute Gasteiger partial charge is 0.191 e. The van der Waals surface area contributed by atoms with Gasteiger partial charge in [-0.25, -0.2) is 0 Å². The second-order valence-corrected chi connectivity index (χ2v) is 4.72. The van der Waals surface area contributed by atoms with E-state index in [0.717, 1.165) is 12.5 Å². The fourth-order valence-electron chi connectivity index (χ4n) is 2.52. The van der Waals surface area contributed by atoms with E-state index < -0.39 is 0 Å². The molecular formula is C12H24IN3. The van der Waals surface area contributed by atoms with Gasteiger partial charge in [-0.2, -0.15) is 0 Å². The lowest BCUT2D eigenvalue weighted by Gasteiger charge is -2.04. The van der Waals surface area contributed by atoms with Gasteiger partial charge in [0.05, 0.1) is 0 Å². The predicted molar refractivity (Wildman–Crippen MR) is 79.6 cm³/mol. The lowest BCUT2D eigenvalue weighted by molar-refractivity contribution is 0.583. The summed E-state index contributed by atoms with van der Waals surface area (Å²) in [6.07, 6.45) is 9.18. The fourth-order valence-corrected chi connectivity index (χ4v) is 2.52. The molecule has 2 fully saturated rings. The van der Waals surface area contributed by atoms with Crippen LogP contribution in [-0.4, -0.2) is 24.6 Å². The van der Waals surface area contributed by atoms with Gasteiger partial charge >= 0.3 is 0 Å². The highest BCUT2D eigenvalue weighted by atomic mass is 127. The molecule has 4 heteroatoms. The summed E-state index contributed by atoms with van der Waals surface area (Å²) >= 11 is 0. The molecule has 1 saturated heterocycles. The van der Waals surface area contributed by atoms with Crippen LogP contribution in [0.25, 0.3) is 0 Å². The summed E-state index contributed by atoms with van der Waals surface area (Å²) in [4.78, 5) is 4.57. The Kier molecular flexibility index (Phi) is 6.46. The van der Waals surface area contributed by atoms with Crippen LogP contribution in [0.1, 0.15) is 51.9 Å². The van der Waals surface area contributed by atoms with Gasteiger partial charge in [-0.3, -0.25) is 4.99 Å². The van der Waals surface area contributed by atoms with Gasteiger partial charge in [-0.1, -0.05) is 26.2 Å². The minimum Gasteiger partial charge on any atom is -0.352 e. The zero-order valence-electron chi connectivity index (χ0n) is 10.2. The van der Waals surface area contributed by atoms with E-state index >= 15 is 0 Å². The van der Waals surface area contributed by atoms with E-state index in [1.165, 1.54) is 44.9 Å². The summed E-state index contributed by atoms with van der Waals surface area (Å²) in [7, 11) is 0. The number of hydrogen-bond donors (Lipinski definition) is 2. The molecule has 0 spiro atoms. The first-order valence-electron chi connectivity index (χ1n) is 6.47. The Balaban J connectivity index is 0.00000128. The Morgan fingerprint density at radius 2 is 1.81 bits per heavy atom. The largest absolute Gasteiger partial charge is 0.352 e. The van der Waals surface area contributed by atoms with Gasteiger partial charge in [0.1, 0.15) is 0 Å². The first-order chi connectivity index (χ1) is 7.40. The number of fused-ring (bicyclic) bond motifs is 1. The van der Waals surface area contributed by atoms with Crippen LogP contribution in [0.5, 0.6) is 0 Å². The number of guanidine groups is 1. The Bertz CT molecular complexity index is 216. The van der Waals surface area contributed by atoms with Gasteiger partial charge < -0.3 is 10.6 Å². The van der Waals surface area contributed by atoms with Crippen molar-refractivity contribution in [2.75, 3.05) is 6.54 Å². The molecule has 0 aromatic heterocycles. The number of nitrogens with one attached hydrogen (secondary N) is 2. The highest BCUT2D eigenvalue weighted by Crippen LogP contribution is 2.22. The molecule has 0 amide bonds. The van der Waals surface area contributed by atoms with Crippen LogP contribution in [-0.2, 0) is 0 Å². The average Bonchev–Trinajstić information content (AvgIpc) is 2.77. The zero-order chi connectivity index (χ0) is 10.5. The number of aliphatic imine (C=N–C) groups is 1. The molecule has 3 nitrogen and oxygen atoms in total. The Labute approximate surface area is 116 Å². The van der Waals surface area contributed by atoms with Crippen molar-refractivity contribution >= 4 is 29.9 Å². The minimum absolute atomic E-state index is 0. The van der Waals surface area contributed by atoms with Crippen LogP contribution in [0, 0.1) is 0 Å². The number of unbranched alkanes of at least 4 members (excludes halogenated alkanes) is 3. The van der Waals surface area contributed by atoms with Crippen LogP contribution in [0.15, 0.2) is 4.99 Å². The topological polar surface area (TPSA) is 36.4 Å². The van der Waals surface area contributed by atoms with E-state index in [-0.39, 0.29) is 24.0 Å². The first-order valence-corrected chi connectivity index (χ1v) is 6.47. The second-order valence-electron chi connectivity index (χ2n) is 4.72. The van der Waals surface area contributed by atoms with Gasteiger partial charge in [0.25, 0.3) is 0 Å². The molecule has 94 valence electrons. The lowest BCUT2D eigenvalue weighted by Crippen LogP contribution is -2.28. The average molecular weight is 337 g/mol. The Morgan fingerprint density at radius 1 is 1.12 bits per heavy atom. The van der Waals surface area contributed by atoms with Crippen molar-refractivity contribution in [2.24, 2.45) is 4.99 Å². The third kappa shape index (κ3) is 3.79. The van der Waals surface area contributed by atoms with Crippen molar-refractivity contribution in [2.45, 2.75) is 64.0 Å². The van der Waals surface area contributed by atoms with Crippen molar-refractivity contribution in [1.29, 1.82) is 0 Å². The Hall–Kier alpha value is 0. The maximum Gasteiger partial charge on any atom is 0.191 e. The number of nitrogens with zero attached hydrogens (tertiary/aromatic N) is 1. The van der Waals surface area contributed by atoms with Gasteiger partial charge in [-0.15, -0.1) is 24.0 Å². The monoisotopic (exact) mass is 337 g/mol. The molecule has 16 heavy (non-hydrogen) atoms. The highest BCUT2D eigenvalue weighted by molar-refractivity contribution is 14.0. The van der Waals surface area contributed by atoms with Crippen LogP contribution in [0.3, 0.4) is 0 Å². The molecule has 0 aromatic rings. The number of hydrogen-bond acceptors (Lipinski definition) is 1. The summed E-state index contributed by atoms with van der Waals surface area (Å²) in [5.74, 6) is 1.06. The lowest BCUT2D eigenvalue weighted by atomic mass is 10.2. The third-order valence-electron chi connectivity index (χ3n) is 3.44. The highest BCUT2D eigenvalue weighted by Gasteiger charge is 2.33. The van der Waals surface area contributed by atoms with Crippen LogP contribution < -0.4 is 10.6 Å². The Morgan fingerprint density at radius 3 is 2.44 bits per heavy atom. The van der Waals surface area contributed by atoms with E-state index in [2.05, 4.69) is 22.5 Å². The van der Waals surface area contributed by atoms with E-state index in [1.807, 2.05) is 0 Å². The number of halogens is 1. The van der Waals surface area contributed by atoms with Crippen molar-refractivity contribution in [3.05, 3.63) is 0 Å². The molecule has 0 aromatic carbocycles. The van der Waals surface area contributed by atoms with Crippen molar-refractivity contribution in [1.82, 2.24) is 10.6 Å². The maximum absolute atomic E-state index is 4.57. The molecule has 0 radical (unpaired) electrons.